The van der Waals surface area contributed by atoms with E-state index >= 15 is 0 Å². The molecule has 0 aliphatic heterocycles. The van der Waals surface area contributed by atoms with E-state index in [0.717, 1.165) is 10.0 Å². The second-order valence-corrected chi connectivity index (χ2v) is 10.5. The Morgan fingerprint density at radius 2 is 1.52 bits per heavy atom. The van der Waals surface area contributed by atoms with Crippen molar-refractivity contribution < 1.29 is 23.9 Å². The van der Waals surface area contributed by atoms with E-state index < -0.39 is 35.2 Å². The van der Waals surface area contributed by atoms with Crippen molar-refractivity contribution in [2.75, 3.05) is 5.32 Å². The second-order valence-electron chi connectivity index (χ2n) is 9.60. The molecule has 0 spiro atoms. The fourth-order valence-electron chi connectivity index (χ4n) is 2.87. The summed E-state index contributed by atoms with van der Waals surface area (Å²) in [6, 6.07) is 11.7. The summed E-state index contributed by atoms with van der Waals surface area (Å²) >= 11 is 3.46. The molecule has 2 aromatic carbocycles. The molecule has 0 saturated carbocycles. The van der Waals surface area contributed by atoms with Crippen molar-refractivity contribution >= 4 is 39.6 Å². The van der Waals surface area contributed by atoms with Crippen molar-refractivity contribution in [3.05, 3.63) is 52.5 Å². The molecule has 1 atom stereocenters. The molecule has 33 heavy (non-hydrogen) atoms. The number of alkyl carbamates (subject to hydrolysis) is 1. The first-order valence-electron chi connectivity index (χ1n) is 10.6. The second kappa shape index (κ2) is 10.4. The Hall–Kier alpha value is -2.87. The zero-order valence-electron chi connectivity index (χ0n) is 20.0. The molecule has 1 unspecified atom stereocenters. The van der Waals surface area contributed by atoms with Crippen molar-refractivity contribution in [3.63, 3.8) is 0 Å². The van der Waals surface area contributed by atoms with Gasteiger partial charge < -0.3 is 20.1 Å². The van der Waals surface area contributed by atoms with Crippen LogP contribution in [0.25, 0.3) is 11.1 Å². The molecule has 0 bridgehead atoms. The van der Waals surface area contributed by atoms with Gasteiger partial charge in [0, 0.05) is 10.0 Å². The lowest BCUT2D eigenvalue weighted by atomic mass is 9.99. The van der Waals surface area contributed by atoms with Gasteiger partial charge in [0.15, 0.2) is 0 Å². The molecule has 0 saturated heterocycles. The fraction of sp³-hybridized carbons (Fsp3) is 0.400. The number of nitrogens with one attached hydrogen (secondary N) is 2. The molecule has 2 rings (SSSR count). The maximum Gasteiger partial charge on any atom is 0.408 e. The van der Waals surface area contributed by atoms with E-state index in [4.69, 9.17) is 9.47 Å². The van der Waals surface area contributed by atoms with Crippen LogP contribution >= 0.6 is 15.9 Å². The van der Waals surface area contributed by atoms with E-state index in [-0.39, 0.29) is 5.56 Å². The zero-order chi connectivity index (χ0) is 25.0. The van der Waals surface area contributed by atoms with E-state index in [1.165, 1.54) is 6.92 Å². The molecule has 8 heteroatoms. The van der Waals surface area contributed by atoms with Gasteiger partial charge in [0.25, 0.3) is 0 Å². The van der Waals surface area contributed by atoms with Gasteiger partial charge in [-0.15, -0.1) is 0 Å². The highest BCUT2D eigenvalue weighted by Gasteiger charge is 2.26. The number of carbonyl (C=O) groups excluding carboxylic acids is 3. The van der Waals surface area contributed by atoms with Crippen LogP contribution in [0, 0.1) is 0 Å². The number of carbonyl (C=O) groups is 3. The Morgan fingerprint density at radius 3 is 2.09 bits per heavy atom. The first kappa shape index (κ1) is 26.4. The minimum absolute atomic E-state index is 0.209. The minimum Gasteiger partial charge on any atom is -0.456 e. The van der Waals surface area contributed by atoms with Crippen LogP contribution in [0.1, 0.15) is 58.8 Å². The standard InChI is InChI=1S/C25H31BrN2O5/c1-15(27-23(31)33-25(5,6)7)21(29)28-20-18(16-10-8-11-17(26)14-16)12-9-13-19(20)22(30)32-24(2,3)4/h8-15H,1-7H3,(H,27,31)(H,28,29). The SMILES string of the molecule is CC(NC(=O)OC(C)(C)C)C(=O)Nc1c(C(=O)OC(C)(C)C)cccc1-c1cccc(Br)c1. The predicted octanol–water partition coefficient (Wildman–Crippen LogP) is 5.92. The number of amides is 2. The minimum atomic E-state index is -0.915. The normalized spacial score (nSPS) is 12.5. The number of para-hydroxylation sites is 1. The van der Waals surface area contributed by atoms with Crippen molar-refractivity contribution in [1.82, 2.24) is 5.32 Å². The molecular weight excluding hydrogens is 488 g/mol. The molecular formula is C25H31BrN2O5. The molecule has 7 nitrogen and oxygen atoms in total. The monoisotopic (exact) mass is 518 g/mol. The average Bonchev–Trinajstić information content (AvgIpc) is 2.65. The largest absolute Gasteiger partial charge is 0.456 e. The molecule has 0 heterocycles. The van der Waals surface area contributed by atoms with Crippen LogP contribution < -0.4 is 10.6 Å². The van der Waals surface area contributed by atoms with Gasteiger partial charge in [-0.3, -0.25) is 4.79 Å². The maximum atomic E-state index is 13.0. The molecule has 2 N–H and O–H groups in total. The highest BCUT2D eigenvalue weighted by Crippen LogP contribution is 2.33. The molecule has 0 aliphatic carbocycles. The quantitative estimate of drug-likeness (QED) is 0.478. The van der Waals surface area contributed by atoms with E-state index in [9.17, 15) is 14.4 Å². The Kier molecular flexibility index (Phi) is 8.30. The molecule has 0 radical (unpaired) electrons. The Balaban J connectivity index is 2.42. The van der Waals surface area contributed by atoms with Crippen LogP contribution in [0.4, 0.5) is 10.5 Å². The van der Waals surface area contributed by atoms with E-state index in [0.29, 0.717) is 11.3 Å². The van der Waals surface area contributed by atoms with Crippen molar-refractivity contribution in [2.45, 2.75) is 65.7 Å². The third-order valence-corrected chi connectivity index (χ3v) is 4.69. The van der Waals surface area contributed by atoms with Gasteiger partial charge >= 0.3 is 12.1 Å². The summed E-state index contributed by atoms with van der Waals surface area (Å²) in [6.45, 7) is 12.1. The summed E-state index contributed by atoms with van der Waals surface area (Å²) in [5.74, 6) is -1.07. The maximum absolute atomic E-state index is 13.0. The summed E-state index contributed by atoms with van der Waals surface area (Å²) in [4.78, 5) is 38.0. The highest BCUT2D eigenvalue weighted by atomic mass is 79.9. The number of ether oxygens (including phenoxy) is 2. The highest BCUT2D eigenvalue weighted by molar-refractivity contribution is 9.10. The number of esters is 1. The van der Waals surface area contributed by atoms with Crippen LogP contribution in [0.15, 0.2) is 46.9 Å². The average molecular weight is 519 g/mol. The molecule has 0 fully saturated rings. The number of hydrogen-bond donors (Lipinski definition) is 2. The number of hydrogen-bond acceptors (Lipinski definition) is 5. The summed E-state index contributed by atoms with van der Waals surface area (Å²) < 4.78 is 11.6. The Bertz CT molecular complexity index is 1040. The van der Waals surface area contributed by atoms with Crippen LogP contribution in [0.5, 0.6) is 0 Å². The summed E-state index contributed by atoms with van der Waals surface area (Å²) in [6.07, 6.45) is -0.710. The predicted molar refractivity (Wildman–Crippen MR) is 132 cm³/mol. The van der Waals surface area contributed by atoms with Crippen molar-refractivity contribution in [3.8, 4) is 11.1 Å². The van der Waals surface area contributed by atoms with Crippen molar-refractivity contribution in [2.24, 2.45) is 0 Å². The lowest BCUT2D eigenvalue weighted by Crippen LogP contribution is -2.44. The lowest BCUT2D eigenvalue weighted by molar-refractivity contribution is -0.117. The number of anilines is 1. The summed E-state index contributed by atoms with van der Waals surface area (Å²) in [5.41, 5.74) is 0.524. The van der Waals surface area contributed by atoms with Gasteiger partial charge in [-0.2, -0.15) is 0 Å². The van der Waals surface area contributed by atoms with Crippen LogP contribution in [0.2, 0.25) is 0 Å². The van der Waals surface area contributed by atoms with E-state index in [1.807, 2.05) is 24.3 Å². The lowest BCUT2D eigenvalue weighted by Gasteiger charge is -2.23. The Labute approximate surface area is 203 Å². The first-order valence-corrected chi connectivity index (χ1v) is 11.4. The molecule has 2 aromatic rings. The van der Waals surface area contributed by atoms with Gasteiger partial charge in [-0.05, 0) is 72.2 Å². The fourth-order valence-corrected chi connectivity index (χ4v) is 3.27. The number of halogens is 1. The first-order chi connectivity index (χ1) is 15.2. The van der Waals surface area contributed by atoms with E-state index in [1.54, 1.807) is 59.7 Å². The third kappa shape index (κ3) is 8.20. The van der Waals surface area contributed by atoms with Gasteiger partial charge in [0.2, 0.25) is 5.91 Å². The van der Waals surface area contributed by atoms with Gasteiger partial charge in [-0.1, -0.05) is 40.2 Å². The van der Waals surface area contributed by atoms with Gasteiger partial charge in [0.05, 0.1) is 11.3 Å². The third-order valence-electron chi connectivity index (χ3n) is 4.19. The molecule has 2 amide bonds. The van der Waals surface area contributed by atoms with Crippen molar-refractivity contribution in [1.29, 1.82) is 0 Å². The van der Waals surface area contributed by atoms with Crippen LogP contribution in [-0.2, 0) is 14.3 Å². The number of benzene rings is 2. The smallest absolute Gasteiger partial charge is 0.408 e. The number of rotatable bonds is 5. The molecule has 178 valence electrons. The summed E-state index contributed by atoms with van der Waals surface area (Å²) in [7, 11) is 0. The van der Waals surface area contributed by atoms with Gasteiger partial charge in [-0.25, -0.2) is 9.59 Å². The summed E-state index contributed by atoms with van der Waals surface area (Å²) in [5, 5.41) is 5.32. The topological polar surface area (TPSA) is 93.7 Å². The Morgan fingerprint density at radius 1 is 0.909 bits per heavy atom. The zero-order valence-corrected chi connectivity index (χ0v) is 21.6. The van der Waals surface area contributed by atoms with Crippen LogP contribution in [-0.4, -0.2) is 35.2 Å². The molecule has 0 aromatic heterocycles. The van der Waals surface area contributed by atoms with Gasteiger partial charge in [0.1, 0.15) is 17.2 Å². The molecule has 0 aliphatic rings. The van der Waals surface area contributed by atoms with Crippen LogP contribution in [0.3, 0.4) is 0 Å². The van der Waals surface area contributed by atoms with E-state index in [2.05, 4.69) is 26.6 Å².